The number of anilines is 1. The van der Waals surface area contributed by atoms with Gasteiger partial charge in [0, 0.05) is 18.7 Å². The lowest BCUT2D eigenvalue weighted by molar-refractivity contribution is -0.384. The van der Waals surface area contributed by atoms with Gasteiger partial charge in [-0.05, 0) is 26.0 Å². The smallest absolute Gasteiger partial charge is 0.271 e. The summed E-state index contributed by atoms with van der Waals surface area (Å²) in [5, 5.41) is 26.0. The molecule has 1 aromatic rings. The van der Waals surface area contributed by atoms with Gasteiger partial charge in [-0.2, -0.15) is 0 Å². The first-order valence-electron chi connectivity index (χ1n) is 5.92. The van der Waals surface area contributed by atoms with E-state index in [1.54, 1.807) is 0 Å². The van der Waals surface area contributed by atoms with Crippen LogP contribution >= 0.6 is 12.4 Å². The van der Waals surface area contributed by atoms with Crippen LogP contribution in [0.1, 0.15) is 13.3 Å². The van der Waals surface area contributed by atoms with E-state index >= 15 is 0 Å². The van der Waals surface area contributed by atoms with Gasteiger partial charge in [0.2, 0.25) is 5.91 Å². The Hall–Kier alpha value is -1.86. The predicted molar refractivity (Wildman–Crippen MR) is 76.2 cm³/mol. The van der Waals surface area contributed by atoms with E-state index in [0.29, 0.717) is 13.0 Å². The number of nitrogens with one attached hydrogen (secondary N) is 2. The quantitative estimate of drug-likeness (QED) is 0.447. The molecule has 3 N–H and O–H groups in total. The predicted octanol–water partition coefficient (Wildman–Crippen LogP) is 1.66. The second-order valence-corrected chi connectivity index (χ2v) is 4.90. The number of carbonyl (C=O) groups excluding carboxylic acids is 1. The number of aromatic hydroxyl groups is 1. The van der Waals surface area contributed by atoms with E-state index < -0.39 is 10.3 Å². The Morgan fingerprint density at radius 1 is 1.55 bits per heavy atom. The van der Waals surface area contributed by atoms with Gasteiger partial charge >= 0.3 is 0 Å². The van der Waals surface area contributed by atoms with Crippen LogP contribution in [-0.2, 0) is 4.79 Å². The van der Waals surface area contributed by atoms with Gasteiger partial charge in [0.25, 0.3) is 5.69 Å². The molecule has 0 radical (unpaired) electrons. The lowest BCUT2D eigenvalue weighted by atomic mass is 9.88. The molecule has 2 rings (SSSR count). The molecule has 0 aromatic heterocycles. The standard InChI is InChI=1S/C12H15N3O4.ClH/c1-12(4-5-13-7-12)11(17)14-9-6-8(15(18)19)2-3-10(9)16;/h2-3,6,13,16H,4-5,7H2,1H3,(H,14,17);1H. The number of amides is 1. The van der Waals surface area contributed by atoms with Gasteiger partial charge in [-0.15, -0.1) is 12.4 Å². The molecule has 1 amide bonds. The molecule has 0 aliphatic carbocycles. The summed E-state index contributed by atoms with van der Waals surface area (Å²) in [5.74, 6) is -0.443. The molecule has 110 valence electrons. The Kier molecular flexibility index (Phi) is 4.91. The number of non-ortho nitro benzene ring substituents is 1. The molecule has 1 heterocycles. The number of rotatable bonds is 3. The summed E-state index contributed by atoms with van der Waals surface area (Å²) in [6.07, 6.45) is 0.689. The van der Waals surface area contributed by atoms with Crippen molar-refractivity contribution in [3.8, 4) is 5.75 Å². The van der Waals surface area contributed by atoms with E-state index in [0.717, 1.165) is 12.6 Å². The first-order chi connectivity index (χ1) is 8.92. The highest BCUT2D eigenvalue weighted by molar-refractivity contribution is 5.97. The van der Waals surface area contributed by atoms with E-state index in [-0.39, 0.29) is 35.4 Å². The average molecular weight is 302 g/mol. The molecule has 0 saturated carbocycles. The van der Waals surface area contributed by atoms with Crippen molar-refractivity contribution in [2.45, 2.75) is 13.3 Å². The van der Waals surface area contributed by atoms with Crippen molar-refractivity contribution >= 4 is 29.7 Å². The molecule has 20 heavy (non-hydrogen) atoms. The molecule has 1 saturated heterocycles. The molecule has 7 nitrogen and oxygen atoms in total. The van der Waals surface area contributed by atoms with E-state index in [4.69, 9.17) is 0 Å². The summed E-state index contributed by atoms with van der Waals surface area (Å²) in [7, 11) is 0. The zero-order valence-corrected chi connectivity index (χ0v) is 11.7. The lowest BCUT2D eigenvalue weighted by Gasteiger charge is -2.21. The minimum Gasteiger partial charge on any atom is -0.506 e. The van der Waals surface area contributed by atoms with Crippen molar-refractivity contribution in [2.75, 3.05) is 18.4 Å². The molecule has 8 heteroatoms. The van der Waals surface area contributed by atoms with Gasteiger partial charge in [0.1, 0.15) is 5.75 Å². The lowest BCUT2D eigenvalue weighted by Crippen LogP contribution is -2.35. The number of phenolic OH excluding ortho intramolecular Hbond substituents is 1. The SMILES string of the molecule is CC1(C(=O)Nc2cc([N+](=O)[O-])ccc2O)CCNC1.Cl. The van der Waals surface area contributed by atoms with Crippen LogP contribution in [0.3, 0.4) is 0 Å². The van der Waals surface area contributed by atoms with Crippen molar-refractivity contribution in [2.24, 2.45) is 5.41 Å². The van der Waals surface area contributed by atoms with E-state index in [2.05, 4.69) is 10.6 Å². The Morgan fingerprint density at radius 3 is 2.80 bits per heavy atom. The first-order valence-corrected chi connectivity index (χ1v) is 5.92. The highest BCUT2D eigenvalue weighted by atomic mass is 35.5. The van der Waals surface area contributed by atoms with Gasteiger partial charge in [0.15, 0.2) is 0 Å². The van der Waals surface area contributed by atoms with Crippen molar-refractivity contribution in [3.05, 3.63) is 28.3 Å². The number of benzene rings is 1. The highest BCUT2D eigenvalue weighted by Crippen LogP contribution is 2.31. The number of carbonyl (C=O) groups is 1. The maximum absolute atomic E-state index is 12.1. The van der Waals surface area contributed by atoms with Gasteiger partial charge in [-0.25, -0.2) is 0 Å². The summed E-state index contributed by atoms with van der Waals surface area (Å²) in [6, 6.07) is 3.53. The highest BCUT2D eigenvalue weighted by Gasteiger charge is 2.36. The molecule has 1 atom stereocenters. The number of nitro groups is 1. The largest absolute Gasteiger partial charge is 0.506 e. The zero-order valence-electron chi connectivity index (χ0n) is 10.9. The monoisotopic (exact) mass is 301 g/mol. The Bertz CT molecular complexity index is 529. The number of hydrogen-bond donors (Lipinski definition) is 3. The third-order valence-electron chi connectivity index (χ3n) is 3.36. The maximum Gasteiger partial charge on any atom is 0.271 e. The van der Waals surface area contributed by atoms with Gasteiger partial charge in [0.05, 0.1) is 16.0 Å². The molecule has 1 unspecified atom stereocenters. The van der Waals surface area contributed by atoms with Crippen LogP contribution in [-0.4, -0.2) is 29.0 Å². The molecule has 1 aliphatic rings. The molecule has 0 spiro atoms. The van der Waals surface area contributed by atoms with E-state index in [1.165, 1.54) is 12.1 Å². The third-order valence-corrected chi connectivity index (χ3v) is 3.36. The third kappa shape index (κ3) is 3.17. The van der Waals surface area contributed by atoms with Crippen molar-refractivity contribution in [3.63, 3.8) is 0 Å². The Labute approximate surface area is 121 Å². The minimum atomic E-state index is -0.575. The average Bonchev–Trinajstić information content (AvgIpc) is 2.80. The maximum atomic E-state index is 12.1. The zero-order chi connectivity index (χ0) is 14.0. The summed E-state index contributed by atoms with van der Waals surface area (Å²) in [4.78, 5) is 22.2. The molecule has 1 fully saturated rings. The van der Waals surface area contributed by atoms with Gasteiger partial charge in [-0.3, -0.25) is 14.9 Å². The molecular formula is C12H16ClN3O4. The fourth-order valence-corrected chi connectivity index (χ4v) is 2.02. The van der Waals surface area contributed by atoms with Crippen molar-refractivity contribution in [1.82, 2.24) is 5.32 Å². The fraction of sp³-hybridized carbons (Fsp3) is 0.417. The van der Waals surface area contributed by atoms with Crippen LogP contribution < -0.4 is 10.6 Å². The fourth-order valence-electron chi connectivity index (χ4n) is 2.02. The molecule has 1 aromatic carbocycles. The number of nitro benzene ring substituents is 1. The van der Waals surface area contributed by atoms with Crippen LogP contribution in [0, 0.1) is 15.5 Å². The van der Waals surface area contributed by atoms with Crippen LogP contribution in [0.25, 0.3) is 0 Å². The van der Waals surface area contributed by atoms with E-state index in [9.17, 15) is 20.0 Å². The van der Waals surface area contributed by atoms with E-state index in [1.807, 2.05) is 6.92 Å². The van der Waals surface area contributed by atoms with Crippen molar-refractivity contribution < 1.29 is 14.8 Å². The molecular weight excluding hydrogens is 286 g/mol. The number of phenols is 1. The van der Waals surface area contributed by atoms with Crippen LogP contribution in [0.15, 0.2) is 18.2 Å². The topological polar surface area (TPSA) is 104 Å². The number of halogens is 1. The number of hydrogen-bond acceptors (Lipinski definition) is 5. The molecule has 0 bridgehead atoms. The van der Waals surface area contributed by atoms with Crippen LogP contribution in [0.4, 0.5) is 11.4 Å². The van der Waals surface area contributed by atoms with Gasteiger partial charge < -0.3 is 15.7 Å². The second-order valence-electron chi connectivity index (χ2n) is 4.90. The minimum absolute atomic E-state index is 0. The Balaban J connectivity index is 0.00000200. The summed E-state index contributed by atoms with van der Waals surface area (Å²) in [6.45, 7) is 3.12. The Morgan fingerprint density at radius 2 is 2.25 bits per heavy atom. The molecule has 1 aliphatic heterocycles. The number of nitrogens with zero attached hydrogens (tertiary/aromatic N) is 1. The first kappa shape index (κ1) is 16.2. The van der Waals surface area contributed by atoms with Gasteiger partial charge in [-0.1, -0.05) is 0 Å². The van der Waals surface area contributed by atoms with Crippen LogP contribution in [0.5, 0.6) is 5.75 Å². The summed E-state index contributed by atoms with van der Waals surface area (Å²) < 4.78 is 0. The second kappa shape index (κ2) is 6.06. The van der Waals surface area contributed by atoms with Crippen LogP contribution in [0.2, 0.25) is 0 Å². The van der Waals surface area contributed by atoms with Crippen molar-refractivity contribution in [1.29, 1.82) is 0 Å². The summed E-state index contributed by atoms with van der Waals surface area (Å²) >= 11 is 0. The normalized spacial score (nSPS) is 21.1. The summed E-state index contributed by atoms with van der Waals surface area (Å²) in [5.41, 5.74) is -0.674.